The third-order valence-corrected chi connectivity index (χ3v) is 6.12. The number of benzene rings is 2. The molecule has 0 radical (unpaired) electrons. The summed E-state index contributed by atoms with van der Waals surface area (Å²) in [5.74, 6) is -0.501. The van der Waals surface area contributed by atoms with Crippen molar-refractivity contribution in [3.05, 3.63) is 87.3 Å². The molecule has 2 heterocycles. The minimum Gasteiger partial charge on any atom is -0.318 e. The monoisotopic (exact) mass is 419 g/mol. The maximum Gasteiger partial charge on any atom is 0.264 e. The van der Waals surface area contributed by atoms with Crippen molar-refractivity contribution in [2.75, 3.05) is 0 Å². The van der Waals surface area contributed by atoms with Crippen LogP contribution in [0.25, 0.3) is 11.8 Å². The van der Waals surface area contributed by atoms with Crippen molar-refractivity contribution in [1.82, 2.24) is 9.88 Å². The van der Waals surface area contributed by atoms with E-state index in [4.69, 9.17) is 0 Å². The van der Waals surface area contributed by atoms with Crippen LogP contribution < -0.4 is 5.32 Å². The van der Waals surface area contributed by atoms with Crippen LogP contribution in [-0.4, -0.2) is 15.6 Å². The zero-order valence-electron chi connectivity index (χ0n) is 17.3. The summed E-state index contributed by atoms with van der Waals surface area (Å²) in [6.07, 6.45) is 1.90. The Labute approximate surface area is 179 Å². The van der Waals surface area contributed by atoms with E-state index in [9.17, 15) is 9.18 Å². The molecule has 0 bridgehead atoms. The summed E-state index contributed by atoms with van der Waals surface area (Å²) < 4.78 is 15.3. The molecule has 1 amide bonds. The van der Waals surface area contributed by atoms with Gasteiger partial charge in [-0.1, -0.05) is 6.07 Å². The molecule has 1 aliphatic rings. The van der Waals surface area contributed by atoms with E-state index in [1.54, 1.807) is 12.1 Å². The Kier molecular flexibility index (Phi) is 5.35. The predicted octanol–water partition coefficient (Wildman–Crippen LogP) is 5.74. The first-order chi connectivity index (χ1) is 14.3. The minimum atomic E-state index is -0.318. The number of amides is 1. The van der Waals surface area contributed by atoms with Crippen molar-refractivity contribution in [2.24, 2.45) is 4.99 Å². The van der Waals surface area contributed by atoms with E-state index < -0.39 is 0 Å². The second-order valence-corrected chi connectivity index (χ2v) is 8.42. The second kappa shape index (κ2) is 7.95. The molecule has 0 aliphatic carbocycles. The van der Waals surface area contributed by atoms with E-state index in [0.717, 1.165) is 22.6 Å². The van der Waals surface area contributed by atoms with Crippen molar-refractivity contribution in [3.8, 4) is 5.69 Å². The zero-order valence-corrected chi connectivity index (χ0v) is 18.1. The first-order valence-corrected chi connectivity index (χ1v) is 10.4. The van der Waals surface area contributed by atoms with E-state index in [1.165, 1.54) is 35.0 Å². The lowest BCUT2D eigenvalue weighted by atomic mass is 10.1. The van der Waals surface area contributed by atoms with Crippen LogP contribution in [0.15, 0.2) is 58.4 Å². The minimum absolute atomic E-state index is 0.183. The summed E-state index contributed by atoms with van der Waals surface area (Å²) >= 11 is 1.28. The van der Waals surface area contributed by atoms with Gasteiger partial charge in [0.2, 0.25) is 0 Å². The molecule has 0 saturated carbocycles. The predicted molar refractivity (Wildman–Crippen MR) is 122 cm³/mol. The van der Waals surface area contributed by atoms with Crippen molar-refractivity contribution in [1.29, 1.82) is 0 Å². The topological polar surface area (TPSA) is 46.4 Å². The van der Waals surface area contributed by atoms with Gasteiger partial charge in [-0.15, -0.1) is 0 Å². The number of aromatic nitrogens is 1. The molecule has 4 rings (SSSR count). The van der Waals surface area contributed by atoms with Crippen LogP contribution in [0.5, 0.6) is 0 Å². The van der Waals surface area contributed by atoms with Gasteiger partial charge in [-0.2, -0.15) is 0 Å². The lowest BCUT2D eigenvalue weighted by Gasteiger charge is -2.11. The van der Waals surface area contributed by atoms with Crippen LogP contribution in [0.1, 0.15) is 28.1 Å². The average Bonchev–Trinajstić information content (AvgIpc) is 3.18. The lowest BCUT2D eigenvalue weighted by molar-refractivity contribution is -0.115. The highest BCUT2D eigenvalue weighted by atomic mass is 32.2. The highest BCUT2D eigenvalue weighted by Crippen LogP contribution is 2.30. The Morgan fingerprint density at radius 2 is 1.73 bits per heavy atom. The van der Waals surface area contributed by atoms with Gasteiger partial charge in [0.05, 0.1) is 10.6 Å². The number of amidine groups is 1. The van der Waals surface area contributed by atoms with E-state index in [0.29, 0.717) is 15.8 Å². The van der Waals surface area contributed by atoms with Crippen molar-refractivity contribution < 1.29 is 9.18 Å². The van der Waals surface area contributed by atoms with Gasteiger partial charge in [0, 0.05) is 17.1 Å². The van der Waals surface area contributed by atoms with Gasteiger partial charge in [0.1, 0.15) is 5.82 Å². The Balaban J connectivity index is 1.64. The number of rotatable bonds is 3. The number of hydrogen-bond acceptors (Lipinski definition) is 3. The summed E-state index contributed by atoms with van der Waals surface area (Å²) in [6.45, 7) is 8.33. The number of aliphatic imine (C=N–C) groups is 1. The van der Waals surface area contributed by atoms with E-state index in [2.05, 4.69) is 66.8 Å². The normalized spacial score (nSPS) is 16.5. The van der Waals surface area contributed by atoms with Crippen molar-refractivity contribution in [3.63, 3.8) is 0 Å². The molecule has 2 aromatic carbocycles. The Morgan fingerprint density at radius 3 is 2.43 bits per heavy atom. The van der Waals surface area contributed by atoms with Crippen LogP contribution >= 0.6 is 11.8 Å². The number of nitrogens with one attached hydrogen (secondary N) is 1. The fourth-order valence-corrected chi connectivity index (χ4v) is 4.28. The molecule has 30 heavy (non-hydrogen) atoms. The number of aryl methyl sites for hydroxylation is 3. The van der Waals surface area contributed by atoms with Gasteiger partial charge in [-0.25, -0.2) is 9.38 Å². The summed E-state index contributed by atoms with van der Waals surface area (Å²) in [7, 11) is 0. The molecule has 0 unspecified atom stereocenters. The first kappa shape index (κ1) is 20.2. The van der Waals surface area contributed by atoms with E-state index in [1.807, 2.05) is 6.08 Å². The number of carbonyl (C=O) groups is 1. The van der Waals surface area contributed by atoms with Gasteiger partial charge in [-0.3, -0.25) is 4.79 Å². The van der Waals surface area contributed by atoms with Gasteiger partial charge in [-0.05, 0) is 105 Å². The summed E-state index contributed by atoms with van der Waals surface area (Å²) in [5.41, 5.74) is 7.37. The smallest absolute Gasteiger partial charge is 0.264 e. The lowest BCUT2D eigenvalue weighted by Crippen LogP contribution is -2.19. The Bertz CT molecular complexity index is 1210. The van der Waals surface area contributed by atoms with Gasteiger partial charge < -0.3 is 9.88 Å². The average molecular weight is 420 g/mol. The summed E-state index contributed by atoms with van der Waals surface area (Å²) in [4.78, 5) is 17.4. The molecule has 1 N–H and O–H groups in total. The maximum absolute atomic E-state index is 13.1. The van der Waals surface area contributed by atoms with Gasteiger partial charge in [0.15, 0.2) is 5.17 Å². The van der Waals surface area contributed by atoms with Gasteiger partial charge in [0.25, 0.3) is 5.91 Å². The molecular weight excluding hydrogens is 397 g/mol. The first-order valence-electron chi connectivity index (χ1n) is 9.63. The molecule has 1 saturated heterocycles. The Morgan fingerprint density at radius 1 is 1.00 bits per heavy atom. The number of carbonyl (C=O) groups excluding carboxylic acids is 1. The third kappa shape index (κ3) is 3.96. The highest BCUT2D eigenvalue weighted by molar-refractivity contribution is 8.18. The number of hydrogen-bond donors (Lipinski definition) is 1. The molecule has 3 aromatic rings. The maximum atomic E-state index is 13.1. The van der Waals surface area contributed by atoms with Gasteiger partial charge >= 0.3 is 0 Å². The van der Waals surface area contributed by atoms with Crippen molar-refractivity contribution >= 4 is 34.6 Å². The number of halogens is 1. The SMILES string of the molecule is Cc1ccc(-n2c(C)cc(/C=C3/SC(=Nc4ccc(F)cc4)NC3=O)c2C)cc1C. The molecule has 4 nitrogen and oxygen atoms in total. The van der Waals surface area contributed by atoms with Crippen molar-refractivity contribution in [2.45, 2.75) is 27.7 Å². The van der Waals surface area contributed by atoms with Crippen LogP contribution in [0.2, 0.25) is 0 Å². The quantitative estimate of drug-likeness (QED) is 0.550. The fourth-order valence-electron chi connectivity index (χ4n) is 3.45. The zero-order chi connectivity index (χ0) is 21.4. The summed E-state index contributed by atoms with van der Waals surface area (Å²) in [6, 6.07) is 14.3. The molecule has 1 aromatic heterocycles. The molecule has 1 fully saturated rings. The van der Waals surface area contributed by atoms with Crippen LogP contribution in [-0.2, 0) is 4.79 Å². The molecular formula is C24H22FN3OS. The fraction of sp³-hybridized carbons (Fsp3) is 0.167. The van der Waals surface area contributed by atoms with E-state index in [-0.39, 0.29) is 11.7 Å². The molecule has 0 spiro atoms. The molecule has 6 heteroatoms. The molecule has 0 atom stereocenters. The largest absolute Gasteiger partial charge is 0.318 e. The molecule has 152 valence electrons. The third-order valence-electron chi connectivity index (χ3n) is 5.21. The van der Waals surface area contributed by atoms with Crippen LogP contribution in [0.4, 0.5) is 10.1 Å². The number of thioether (sulfide) groups is 1. The summed E-state index contributed by atoms with van der Waals surface area (Å²) in [5, 5.41) is 3.27. The Hall–Kier alpha value is -3.12. The van der Waals surface area contributed by atoms with E-state index >= 15 is 0 Å². The highest BCUT2D eigenvalue weighted by Gasteiger charge is 2.24. The number of nitrogens with zero attached hydrogens (tertiary/aromatic N) is 2. The standard InChI is InChI=1S/C24H22FN3OS/c1-14-5-10-21(11-15(14)2)28-16(3)12-18(17(28)4)13-22-23(29)27-24(30-22)26-20-8-6-19(25)7-9-20/h5-13H,1-4H3,(H,26,27,29)/b22-13+. The van der Waals surface area contributed by atoms with Crippen LogP contribution in [0.3, 0.4) is 0 Å². The van der Waals surface area contributed by atoms with Crippen LogP contribution in [0, 0.1) is 33.5 Å². The molecule has 1 aliphatic heterocycles. The second-order valence-electron chi connectivity index (χ2n) is 7.39.